The number of nitrogens with one attached hydrogen (secondary N) is 1. The zero-order valence-corrected chi connectivity index (χ0v) is 9.18. The minimum absolute atomic E-state index is 0.0863. The number of hydrogen-bond donors (Lipinski definition) is 1. The van der Waals surface area contributed by atoms with Crippen LogP contribution in [-0.2, 0) is 4.79 Å². The molecule has 0 heterocycles. The molecule has 0 saturated heterocycles. The van der Waals surface area contributed by atoms with E-state index in [-0.39, 0.29) is 5.91 Å². The van der Waals surface area contributed by atoms with Crippen LogP contribution >= 0.6 is 0 Å². The summed E-state index contributed by atoms with van der Waals surface area (Å²) in [5, 5.41) is 2.70. The number of hydrogen-bond acceptors (Lipinski definition) is 2. The summed E-state index contributed by atoms with van der Waals surface area (Å²) in [4.78, 5) is 13.5. The molecule has 0 radical (unpaired) electrons. The highest BCUT2D eigenvalue weighted by molar-refractivity contribution is 5.93. The number of rotatable bonds is 7. The Morgan fingerprint density at radius 3 is 2.43 bits per heavy atom. The van der Waals surface area contributed by atoms with Crippen LogP contribution < -0.4 is 5.32 Å². The number of nitrogens with zero attached hydrogens (tertiary/aromatic N) is 1. The molecule has 3 heteroatoms. The summed E-state index contributed by atoms with van der Waals surface area (Å²) in [7, 11) is 0. The molecule has 14 heavy (non-hydrogen) atoms. The molecule has 0 aliphatic carbocycles. The van der Waals surface area contributed by atoms with Gasteiger partial charge >= 0.3 is 0 Å². The van der Waals surface area contributed by atoms with Crippen LogP contribution in [0.2, 0.25) is 0 Å². The molecule has 0 fully saturated rings. The summed E-state index contributed by atoms with van der Waals surface area (Å²) in [6.45, 7) is 14.4. The maximum absolute atomic E-state index is 11.4. The summed E-state index contributed by atoms with van der Waals surface area (Å²) in [6.07, 6.45) is 1.66. The van der Waals surface area contributed by atoms with Crippen LogP contribution in [0.1, 0.15) is 13.8 Å². The molecule has 1 N–H and O–H groups in total. The van der Waals surface area contributed by atoms with Gasteiger partial charge in [0.05, 0.1) is 0 Å². The Hall–Kier alpha value is -1.09. The second kappa shape index (κ2) is 7.33. The largest absolute Gasteiger partial charge is 0.349 e. The van der Waals surface area contributed by atoms with E-state index in [4.69, 9.17) is 0 Å². The van der Waals surface area contributed by atoms with Gasteiger partial charge in [0.15, 0.2) is 0 Å². The van der Waals surface area contributed by atoms with Gasteiger partial charge in [0.1, 0.15) is 0 Å². The molecule has 0 unspecified atom stereocenters. The van der Waals surface area contributed by atoms with Gasteiger partial charge in [-0.1, -0.05) is 26.5 Å². The van der Waals surface area contributed by atoms with Crippen LogP contribution in [0.15, 0.2) is 24.8 Å². The summed E-state index contributed by atoms with van der Waals surface area (Å²) in [5.41, 5.74) is 0.607. The van der Waals surface area contributed by atoms with Crippen LogP contribution in [0.25, 0.3) is 0 Å². The third-order valence-electron chi connectivity index (χ3n) is 2.04. The van der Waals surface area contributed by atoms with Gasteiger partial charge < -0.3 is 5.32 Å². The molecule has 0 aromatic carbocycles. The van der Waals surface area contributed by atoms with Crippen molar-refractivity contribution in [1.82, 2.24) is 10.2 Å². The highest BCUT2D eigenvalue weighted by atomic mass is 16.1. The molecule has 0 spiro atoms. The van der Waals surface area contributed by atoms with Crippen molar-refractivity contribution < 1.29 is 4.79 Å². The normalized spacial score (nSPS) is 9.93. The number of carbonyl (C=O) groups is 1. The van der Waals surface area contributed by atoms with E-state index in [9.17, 15) is 4.79 Å². The van der Waals surface area contributed by atoms with Gasteiger partial charge in [-0.3, -0.25) is 9.69 Å². The van der Waals surface area contributed by atoms with Gasteiger partial charge in [-0.2, -0.15) is 0 Å². The average Bonchev–Trinajstić information content (AvgIpc) is 2.21. The van der Waals surface area contributed by atoms with Crippen LogP contribution in [0.5, 0.6) is 0 Å². The number of carbonyl (C=O) groups excluding carboxylic acids is 1. The highest BCUT2D eigenvalue weighted by Gasteiger charge is 2.08. The molecule has 0 aliphatic heterocycles. The van der Waals surface area contributed by atoms with Crippen molar-refractivity contribution in [1.29, 1.82) is 0 Å². The zero-order valence-electron chi connectivity index (χ0n) is 9.18. The fraction of sp³-hybridized carbons (Fsp3) is 0.545. The van der Waals surface area contributed by atoms with Crippen LogP contribution in [0, 0.1) is 0 Å². The first kappa shape index (κ1) is 12.9. The first-order valence-corrected chi connectivity index (χ1v) is 4.94. The quantitative estimate of drug-likeness (QED) is 0.490. The fourth-order valence-corrected chi connectivity index (χ4v) is 1.08. The van der Waals surface area contributed by atoms with E-state index in [1.165, 1.54) is 0 Å². The van der Waals surface area contributed by atoms with Gasteiger partial charge in [-0.05, 0) is 13.1 Å². The summed E-state index contributed by atoms with van der Waals surface area (Å²) in [5.74, 6) is -0.0863. The van der Waals surface area contributed by atoms with E-state index in [2.05, 4.69) is 37.2 Å². The average molecular weight is 196 g/mol. The van der Waals surface area contributed by atoms with Gasteiger partial charge in [0, 0.05) is 18.7 Å². The monoisotopic (exact) mass is 196 g/mol. The fourth-order valence-electron chi connectivity index (χ4n) is 1.08. The van der Waals surface area contributed by atoms with Gasteiger partial charge in [0.2, 0.25) is 5.91 Å². The lowest BCUT2D eigenvalue weighted by Crippen LogP contribution is -2.32. The minimum atomic E-state index is -0.0863. The van der Waals surface area contributed by atoms with Crippen molar-refractivity contribution >= 4 is 5.91 Å². The first-order chi connectivity index (χ1) is 6.65. The Bertz CT molecular complexity index is 207. The van der Waals surface area contributed by atoms with E-state index in [0.29, 0.717) is 18.7 Å². The third kappa shape index (κ3) is 4.82. The second-order valence-electron chi connectivity index (χ2n) is 3.06. The molecule has 3 nitrogen and oxygen atoms in total. The van der Waals surface area contributed by atoms with Crippen LogP contribution in [0.3, 0.4) is 0 Å². The SMILES string of the molecule is C=CCNC(=O)C(=C)CN(CC)CC. The lowest BCUT2D eigenvalue weighted by molar-refractivity contribution is -0.117. The van der Waals surface area contributed by atoms with E-state index in [0.717, 1.165) is 13.1 Å². The smallest absolute Gasteiger partial charge is 0.248 e. The topological polar surface area (TPSA) is 32.3 Å². The molecule has 0 aliphatic rings. The van der Waals surface area contributed by atoms with Crippen molar-refractivity contribution in [2.75, 3.05) is 26.2 Å². The van der Waals surface area contributed by atoms with E-state index < -0.39 is 0 Å². The predicted octanol–water partition coefficient (Wildman–Crippen LogP) is 1.19. The Labute approximate surface area is 86.5 Å². The van der Waals surface area contributed by atoms with Crippen molar-refractivity contribution in [3.8, 4) is 0 Å². The standard InChI is InChI=1S/C11H20N2O/c1-5-8-12-11(14)10(4)9-13(6-2)7-3/h5H,1,4,6-9H2,2-3H3,(H,12,14). The zero-order chi connectivity index (χ0) is 11.0. The lowest BCUT2D eigenvalue weighted by atomic mass is 10.2. The molecular formula is C11H20N2O. The third-order valence-corrected chi connectivity index (χ3v) is 2.04. The molecule has 0 aromatic heterocycles. The summed E-state index contributed by atoms with van der Waals surface area (Å²) < 4.78 is 0. The highest BCUT2D eigenvalue weighted by Crippen LogP contribution is 1.96. The molecule has 0 atom stereocenters. The van der Waals surface area contributed by atoms with Crippen molar-refractivity contribution in [2.24, 2.45) is 0 Å². The Morgan fingerprint density at radius 1 is 1.43 bits per heavy atom. The second-order valence-corrected chi connectivity index (χ2v) is 3.06. The molecule has 0 rings (SSSR count). The van der Waals surface area contributed by atoms with Crippen molar-refractivity contribution in [3.63, 3.8) is 0 Å². The molecule has 0 aromatic rings. The lowest BCUT2D eigenvalue weighted by Gasteiger charge is -2.18. The molecule has 0 bridgehead atoms. The molecule has 80 valence electrons. The van der Waals surface area contributed by atoms with E-state index in [1.54, 1.807) is 6.08 Å². The Morgan fingerprint density at radius 2 is 2.00 bits per heavy atom. The van der Waals surface area contributed by atoms with Gasteiger partial charge in [0.25, 0.3) is 0 Å². The minimum Gasteiger partial charge on any atom is -0.349 e. The molecule has 0 saturated carbocycles. The number of amides is 1. The maximum Gasteiger partial charge on any atom is 0.248 e. The Kier molecular flexibility index (Phi) is 6.76. The van der Waals surface area contributed by atoms with Crippen molar-refractivity contribution in [3.05, 3.63) is 24.8 Å². The van der Waals surface area contributed by atoms with Crippen LogP contribution in [0.4, 0.5) is 0 Å². The molecular weight excluding hydrogens is 176 g/mol. The maximum atomic E-state index is 11.4. The predicted molar refractivity (Wildman–Crippen MR) is 60.1 cm³/mol. The van der Waals surface area contributed by atoms with E-state index in [1.807, 2.05) is 0 Å². The summed E-state index contributed by atoms with van der Waals surface area (Å²) >= 11 is 0. The van der Waals surface area contributed by atoms with Crippen LogP contribution in [-0.4, -0.2) is 37.0 Å². The van der Waals surface area contributed by atoms with Gasteiger partial charge in [-0.25, -0.2) is 0 Å². The van der Waals surface area contributed by atoms with E-state index >= 15 is 0 Å². The van der Waals surface area contributed by atoms with Crippen molar-refractivity contribution in [2.45, 2.75) is 13.8 Å². The first-order valence-electron chi connectivity index (χ1n) is 4.94. The Balaban J connectivity index is 3.93. The summed E-state index contributed by atoms with van der Waals surface area (Å²) in [6, 6.07) is 0. The molecule has 1 amide bonds. The van der Waals surface area contributed by atoms with Gasteiger partial charge in [-0.15, -0.1) is 6.58 Å². The number of likely N-dealkylation sites (N-methyl/N-ethyl adjacent to an activating group) is 1.